The summed E-state index contributed by atoms with van der Waals surface area (Å²) in [6.45, 7) is 5.70. The topological polar surface area (TPSA) is 80.1 Å². The van der Waals surface area contributed by atoms with Crippen molar-refractivity contribution in [2.24, 2.45) is 0 Å². The first-order valence-corrected chi connectivity index (χ1v) is 10.2. The summed E-state index contributed by atoms with van der Waals surface area (Å²) in [5, 5.41) is 12.3. The molecule has 2 aromatic rings. The van der Waals surface area contributed by atoms with Gasteiger partial charge in [0.1, 0.15) is 11.6 Å². The van der Waals surface area contributed by atoms with E-state index in [9.17, 15) is 9.59 Å². The zero-order chi connectivity index (χ0) is 19.7. The molecule has 2 atom stereocenters. The molecule has 0 bridgehead atoms. The van der Waals surface area contributed by atoms with Gasteiger partial charge in [0.05, 0.1) is 17.2 Å². The molecule has 148 valence electrons. The third-order valence-electron chi connectivity index (χ3n) is 5.71. The molecule has 2 aliphatic heterocycles. The molecule has 1 N–H and O–H groups in total. The second kappa shape index (κ2) is 7.83. The second-order valence-electron chi connectivity index (χ2n) is 7.82. The van der Waals surface area contributed by atoms with Gasteiger partial charge in [-0.05, 0) is 51.7 Å². The van der Waals surface area contributed by atoms with E-state index in [0.29, 0.717) is 17.7 Å². The SMILES string of the molecule is C[C@@H](CCCN1C(=O)c2ccccc2C1=O)N[C@H](C)c1nnc2n1CCCC2. The van der Waals surface area contributed by atoms with Gasteiger partial charge in [-0.15, -0.1) is 10.2 Å². The molecule has 28 heavy (non-hydrogen) atoms. The predicted octanol–water partition coefficient (Wildman–Crippen LogP) is 2.73. The molecule has 0 saturated heterocycles. The lowest BCUT2D eigenvalue weighted by Gasteiger charge is -2.22. The van der Waals surface area contributed by atoms with Gasteiger partial charge in [0, 0.05) is 25.6 Å². The minimum atomic E-state index is -0.176. The lowest BCUT2D eigenvalue weighted by atomic mass is 10.1. The summed E-state index contributed by atoms with van der Waals surface area (Å²) in [6.07, 6.45) is 5.02. The highest BCUT2D eigenvalue weighted by Crippen LogP contribution is 2.23. The monoisotopic (exact) mass is 381 g/mol. The van der Waals surface area contributed by atoms with Gasteiger partial charge in [-0.1, -0.05) is 12.1 Å². The highest BCUT2D eigenvalue weighted by atomic mass is 16.2. The number of nitrogens with zero attached hydrogens (tertiary/aromatic N) is 4. The Labute approximate surface area is 165 Å². The van der Waals surface area contributed by atoms with Crippen LogP contribution in [-0.4, -0.2) is 44.1 Å². The number of nitrogens with one attached hydrogen (secondary N) is 1. The highest BCUT2D eigenvalue weighted by molar-refractivity contribution is 6.21. The van der Waals surface area contributed by atoms with Crippen LogP contribution < -0.4 is 5.32 Å². The number of hydrogen-bond acceptors (Lipinski definition) is 5. The summed E-state index contributed by atoms with van der Waals surface area (Å²) in [5.74, 6) is 1.74. The number of hydrogen-bond donors (Lipinski definition) is 1. The molecule has 0 unspecified atom stereocenters. The van der Waals surface area contributed by atoms with Crippen molar-refractivity contribution in [2.45, 2.75) is 64.6 Å². The molecule has 2 amide bonds. The Kier molecular flexibility index (Phi) is 5.26. The number of fused-ring (bicyclic) bond motifs is 2. The molecule has 7 nitrogen and oxygen atoms in total. The molecular weight excluding hydrogens is 354 g/mol. The van der Waals surface area contributed by atoms with E-state index in [-0.39, 0.29) is 23.9 Å². The quantitative estimate of drug-likeness (QED) is 0.746. The fourth-order valence-electron chi connectivity index (χ4n) is 4.23. The number of rotatable bonds is 7. The van der Waals surface area contributed by atoms with Crippen molar-refractivity contribution in [3.8, 4) is 0 Å². The summed E-state index contributed by atoms with van der Waals surface area (Å²) in [7, 11) is 0. The van der Waals surface area contributed by atoms with Gasteiger partial charge in [0.15, 0.2) is 0 Å². The summed E-state index contributed by atoms with van der Waals surface area (Å²) < 4.78 is 2.24. The van der Waals surface area contributed by atoms with Crippen LogP contribution in [0.15, 0.2) is 24.3 Å². The van der Waals surface area contributed by atoms with E-state index in [1.54, 1.807) is 24.3 Å². The van der Waals surface area contributed by atoms with Crippen molar-refractivity contribution < 1.29 is 9.59 Å². The van der Waals surface area contributed by atoms with E-state index in [2.05, 4.69) is 33.9 Å². The summed E-state index contributed by atoms with van der Waals surface area (Å²) in [5.41, 5.74) is 1.03. The normalized spacial score (nSPS) is 18.1. The van der Waals surface area contributed by atoms with Gasteiger partial charge in [-0.3, -0.25) is 14.5 Å². The molecule has 0 spiro atoms. The number of carbonyl (C=O) groups is 2. The van der Waals surface area contributed by atoms with Crippen LogP contribution in [0.25, 0.3) is 0 Å². The van der Waals surface area contributed by atoms with Gasteiger partial charge in [0.25, 0.3) is 11.8 Å². The van der Waals surface area contributed by atoms with Crippen LogP contribution in [0.2, 0.25) is 0 Å². The Bertz CT molecular complexity index is 856. The van der Waals surface area contributed by atoms with Gasteiger partial charge in [-0.25, -0.2) is 0 Å². The van der Waals surface area contributed by atoms with Crippen molar-refractivity contribution in [1.29, 1.82) is 0 Å². The number of aromatic nitrogens is 3. The summed E-state index contributed by atoms with van der Waals surface area (Å²) in [6, 6.07) is 7.41. The molecule has 0 fully saturated rings. The van der Waals surface area contributed by atoms with Crippen LogP contribution in [-0.2, 0) is 13.0 Å². The smallest absolute Gasteiger partial charge is 0.261 e. The van der Waals surface area contributed by atoms with E-state index < -0.39 is 0 Å². The van der Waals surface area contributed by atoms with Crippen molar-refractivity contribution in [3.63, 3.8) is 0 Å². The lowest BCUT2D eigenvalue weighted by Crippen LogP contribution is -2.34. The first-order valence-electron chi connectivity index (χ1n) is 10.2. The van der Waals surface area contributed by atoms with Crippen molar-refractivity contribution in [1.82, 2.24) is 25.0 Å². The van der Waals surface area contributed by atoms with Gasteiger partial charge < -0.3 is 9.88 Å². The Morgan fingerprint density at radius 2 is 1.79 bits per heavy atom. The second-order valence-corrected chi connectivity index (χ2v) is 7.82. The van der Waals surface area contributed by atoms with E-state index in [0.717, 1.165) is 37.5 Å². The van der Waals surface area contributed by atoms with E-state index in [1.165, 1.54) is 17.7 Å². The van der Waals surface area contributed by atoms with Crippen molar-refractivity contribution in [2.75, 3.05) is 6.54 Å². The average Bonchev–Trinajstić information content (AvgIpc) is 3.23. The Balaban J connectivity index is 1.28. The summed E-state index contributed by atoms with van der Waals surface area (Å²) in [4.78, 5) is 26.2. The highest BCUT2D eigenvalue weighted by Gasteiger charge is 2.34. The fourth-order valence-corrected chi connectivity index (χ4v) is 4.23. The van der Waals surface area contributed by atoms with E-state index in [1.807, 2.05) is 0 Å². The minimum absolute atomic E-state index is 0.119. The van der Waals surface area contributed by atoms with Gasteiger partial charge in [0.2, 0.25) is 0 Å². The maximum absolute atomic E-state index is 12.4. The Hall–Kier alpha value is -2.54. The van der Waals surface area contributed by atoms with Crippen molar-refractivity contribution in [3.05, 3.63) is 47.0 Å². The molecular formula is C21H27N5O2. The molecule has 0 saturated carbocycles. The van der Waals surface area contributed by atoms with Crippen molar-refractivity contribution >= 4 is 11.8 Å². The molecule has 1 aromatic heterocycles. The van der Waals surface area contributed by atoms with Crippen LogP contribution in [0.3, 0.4) is 0 Å². The van der Waals surface area contributed by atoms with Crippen LogP contribution in [0, 0.1) is 0 Å². The molecule has 2 aliphatic rings. The lowest BCUT2D eigenvalue weighted by molar-refractivity contribution is 0.0650. The van der Waals surface area contributed by atoms with Crippen LogP contribution in [0.4, 0.5) is 0 Å². The van der Waals surface area contributed by atoms with E-state index in [4.69, 9.17) is 0 Å². The first-order chi connectivity index (χ1) is 13.6. The standard InChI is InChI=1S/C21H27N5O2/c1-14(22-15(2)19-24-23-18-11-5-6-12-25(18)19)8-7-13-26-20(27)16-9-3-4-10-17(16)21(26)28/h3-4,9-10,14-15,22H,5-8,11-13H2,1-2H3/t14-,15+/m0/s1. The Morgan fingerprint density at radius 1 is 1.07 bits per heavy atom. The number of carbonyl (C=O) groups excluding carboxylic acids is 2. The Morgan fingerprint density at radius 3 is 2.50 bits per heavy atom. The molecule has 3 heterocycles. The fraction of sp³-hybridized carbons (Fsp3) is 0.524. The van der Waals surface area contributed by atoms with Gasteiger partial charge in [-0.2, -0.15) is 0 Å². The first kappa shape index (κ1) is 18.8. The minimum Gasteiger partial charge on any atom is -0.314 e. The molecule has 7 heteroatoms. The maximum atomic E-state index is 12.4. The predicted molar refractivity (Wildman–Crippen MR) is 105 cm³/mol. The number of aryl methyl sites for hydroxylation is 1. The third-order valence-corrected chi connectivity index (χ3v) is 5.71. The molecule has 0 radical (unpaired) electrons. The third kappa shape index (κ3) is 3.46. The number of imide groups is 1. The zero-order valence-electron chi connectivity index (χ0n) is 16.5. The average molecular weight is 381 g/mol. The molecule has 4 rings (SSSR count). The van der Waals surface area contributed by atoms with Gasteiger partial charge >= 0.3 is 0 Å². The zero-order valence-corrected chi connectivity index (χ0v) is 16.5. The van der Waals surface area contributed by atoms with Crippen LogP contribution in [0.1, 0.15) is 77.9 Å². The van der Waals surface area contributed by atoms with Crippen LogP contribution in [0.5, 0.6) is 0 Å². The number of benzene rings is 1. The number of amides is 2. The van der Waals surface area contributed by atoms with Crippen LogP contribution >= 0.6 is 0 Å². The van der Waals surface area contributed by atoms with E-state index >= 15 is 0 Å². The summed E-state index contributed by atoms with van der Waals surface area (Å²) >= 11 is 0. The largest absolute Gasteiger partial charge is 0.314 e. The maximum Gasteiger partial charge on any atom is 0.261 e. The molecule has 0 aliphatic carbocycles. The molecule has 1 aromatic carbocycles.